The molecule has 1 atom stereocenters. The fourth-order valence-electron chi connectivity index (χ4n) is 2.23. The highest BCUT2D eigenvalue weighted by molar-refractivity contribution is 6.34. The molecule has 0 spiro atoms. The van der Waals surface area contributed by atoms with Crippen molar-refractivity contribution in [3.05, 3.63) is 28.8 Å². The Bertz CT molecular complexity index is 587. The van der Waals surface area contributed by atoms with E-state index in [9.17, 15) is 9.59 Å². The van der Waals surface area contributed by atoms with Gasteiger partial charge in [0.1, 0.15) is 6.04 Å². The fraction of sp³-hybridized carbons (Fsp3) is 0.467. The number of ether oxygens (including phenoxy) is 1. The number of amides is 2. The SMILES string of the molecule is Cl.O=C(NC1CC1)c1cc(NC(=O)C2COCCN2)ccc1Cl. The van der Waals surface area contributed by atoms with Crippen LogP contribution < -0.4 is 16.0 Å². The van der Waals surface area contributed by atoms with E-state index in [2.05, 4.69) is 16.0 Å². The van der Waals surface area contributed by atoms with Crippen molar-refractivity contribution in [3.63, 3.8) is 0 Å². The number of benzene rings is 1. The normalized spacial score (nSPS) is 20.3. The van der Waals surface area contributed by atoms with Gasteiger partial charge in [0.05, 0.1) is 23.8 Å². The second kappa shape index (κ2) is 7.97. The molecule has 1 unspecified atom stereocenters. The third-order valence-electron chi connectivity index (χ3n) is 3.63. The molecule has 6 nitrogen and oxygen atoms in total. The van der Waals surface area contributed by atoms with E-state index in [0.29, 0.717) is 36.0 Å². The van der Waals surface area contributed by atoms with Crippen molar-refractivity contribution in [2.75, 3.05) is 25.1 Å². The Morgan fingerprint density at radius 1 is 1.30 bits per heavy atom. The van der Waals surface area contributed by atoms with Gasteiger partial charge in [-0.1, -0.05) is 11.6 Å². The smallest absolute Gasteiger partial charge is 0.253 e. The quantitative estimate of drug-likeness (QED) is 0.762. The van der Waals surface area contributed by atoms with E-state index in [1.54, 1.807) is 18.2 Å². The fourth-order valence-corrected chi connectivity index (χ4v) is 2.43. The monoisotopic (exact) mass is 359 g/mol. The third-order valence-corrected chi connectivity index (χ3v) is 3.96. The van der Waals surface area contributed by atoms with Crippen LogP contribution in [0.2, 0.25) is 5.02 Å². The maximum atomic E-state index is 12.1. The zero-order valence-corrected chi connectivity index (χ0v) is 14.0. The van der Waals surface area contributed by atoms with Gasteiger partial charge in [0.25, 0.3) is 5.91 Å². The van der Waals surface area contributed by atoms with Crippen molar-refractivity contribution < 1.29 is 14.3 Å². The topological polar surface area (TPSA) is 79.5 Å². The largest absolute Gasteiger partial charge is 0.378 e. The zero-order valence-electron chi connectivity index (χ0n) is 12.4. The molecule has 2 fully saturated rings. The lowest BCUT2D eigenvalue weighted by molar-refractivity contribution is -0.120. The lowest BCUT2D eigenvalue weighted by Gasteiger charge is -2.23. The van der Waals surface area contributed by atoms with Gasteiger partial charge < -0.3 is 20.7 Å². The van der Waals surface area contributed by atoms with Gasteiger partial charge in [0.2, 0.25) is 5.91 Å². The number of halogens is 2. The van der Waals surface area contributed by atoms with Gasteiger partial charge in [-0.15, -0.1) is 12.4 Å². The van der Waals surface area contributed by atoms with Crippen LogP contribution in [-0.2, 0) is 9.53 Å². The first-order chi connectivity index (χ1) is 10.6. The Morgan fingerprint density at radius 3 is 2.74 bits per heavy atom. The number of hydrogen-bond acceptors (Lipinski definition) is 4. The Kier molecular flexibility index (Phi) is 6.24. The highest BCUT2D eigenvalue weighted by atomic mass is 35.5. The number of hydrogen-bond donors (Lipinski definition) is 3. The van der Waals surface area contributed by atoms with Crippen molar-refractivity contribution in [2.24, 2.45) is 0 Å². The lowest BCUT2D eigenvalue weighted by atomic mass is 10.1. The number of rotatable bonds is 4. The van der Waals surface area contributed by atoms with Crippen LogP contribution in [0.15, 0.2) is 18.2 Å². The first kappa shape index (κ1) is 18.0. The molecule has 23 heavy (non-hydrogen) atoms. The van der Waals surface area contributed by atoms with Crippen molar-refractivity contribution >= 4 is 41.5 Å². The van der Waals surface area contributed by atoms with Crippen molar-refractivity contribution in [1.29, 1.82) is 0 Å². The highest BCUT2D eigenvalue weighted by Crippen LogP contribution is 2.24. The molecule has 2 aliphatic rings. The molecule has 1 saturated carbocycles. The second-order valence-electron chi connectivity index (χ2n) is 5.51. The molecule has 8 heteroatoms. The summed E-state index contributed by atoms with van der Waals surface area (Å²) in [5.74, 6) is -0.390. The van der Waals surface area contributed by atoms with Crippen LogP contribution in [0.1, 0.15) is 23.2 Å². The van der Waals surface area contributed by atoms with Gasteiger partial charge in [0, 0.05) is 18.3 Å². The maximum Gasteiger partial charge on any atom is 0.253 e. The van der Waals surface area contributed by atoms with E-state index in [1.165, 1.54) is 0 Å². The third kappa shape index (κ3) is 4.81. The molecular weight excluding hydrogens is 341 g/mol. The van der Waals surface area contributed by atoms with Crippen LogP contribution >= 0.6 is 24.0 Å². The van der Waals surface area contributed by atoms with Crippen molar-refractivity contribution in [2.45, 2.75) is 24.9 Å². The number of carbonyl (C=O) groups excluding carboxylic acids is 2. The summed E-state index contributed by atoms with van der Waals surface area (Å²) in [5.41, 5.74) is 0.918. The molecule has 1 aromatic carbocycles. The van der Waals surface area contributed by atoms with Crippen LogP contribution in [0.3, 0.4) is 0 Å². The summed E-state index contributed by atoms with van der Waals surface area (Å²) in [6, 6.07) is 4.77. The molecule has 0 aromatic heterocycles. The van der Waals surface area contributed by atoms with Gasteiger partial charge in [-0.25, -0.2) is 0 Å². The van der Waals surface area contributed by atoms with Crippen LogP contribution in [0.4, 0.5) is 5.69 Å². The Morgan fingerprint density at radius 2 is 2.09 bits per heavy atom. The summed E-state index contributed by atoms with van der Waals surface area (Å²) in [6.07, 6.45) is 2.01. The molecule has 0 radical (unpaired) electrons. The average Bonchev–Trinajstić information content (AvgIpc) is 3.34. The second-order valence-corrected chi connectivity index (χ2v) is 5.92. The van der Waals surface area contributed by atoms with Gasteiger partial charge in [-0.05, 0) is 31.0 Å². The summed E-state index contributed by atoms with van der Waals surface area (Å²) in [6.45, 7) is 1.60. The van der Waals surface area contributed by atoms with Gasteiger partial charge >= 0.3 is 0 Å². The first-order valence-corrected chi connectivity index (χ1v) is 7.73. The Hall–Kier alpha value is -1.34. The van der Waals surface area contributed by atoms with Gasteiger partial charge in [-0.3, -0.25) is 9.59 Å². The summed E-state index contributed by atoms with van der Waals surface area (Å²) in [7, 11) is 0. The molecule has 126 valence electrons. The van der Waals surface area contributed by atoms with E-state index in [0.717, 1.165) is 12.8 Å². The average molecular weight is 360 g/mol. The standard InChI is InChI=1S/C15H18ClN3O3.ClH/c16-12-4-3-10(7-11(12)14(20)18-9-1-2-9)19-15(21)13-8-22-6-5-17-13;/h3-4,7,9,13,17H,1-2,5-6,8H2,(H,18,20)(H,19,21);1H. The first-order valence-electron chi connectivity index (χ1n) is 7.36. The number of anilines is 1. The number of nitrogens with one attached hydrogen (secondary N) is 3. The maximum absolute atomic E-state index is 12.1. The Labute approximate surface area is 145 Å². The van der Waals surface area contributed by atoms with Crippen LogP contribution in [0, 0.1) is 0 Å². The van der Waals surface area contributed by atoms with E-state index >= 15 is 0 Å². The minimum atomic E-state index is -0.381. The molecule has 2 amide bonds. The van der Waals surface area contributed by atoms with Crippen LogP contribution in [0.5, 0.6) is 0 Å². The van der Waals surface area contributed by atoms with E-state index in [1.807, 2.05) is 0 Å². The molecular formula is C15H19Cl2N3O3. The zero-order chi connectivity index (χ0) is 15.5. The predicted molar refractivity (Wildman–Crippen MR) is 90.4 cm³/mol. The molecule has 3 rings (SSSR count). The molecule has 1 heterocycles. The number of carbonyl (C=O) groups is 2. The Balaban J connectivity index is 0.00000192. The van der Waals surface area contributed by atoms with E-state index in [-0.39, 0.29) is 36.3 Å². The van der Waals surface area contributed by atoms with Gasteiger partial charge in [-0.2, -0.15) is 0 Å². The molecule has 1 aliphatic heterocycles. The predicted octanol–water partition coefficient (Wildman–Crippen LogP) is 1.58. The molecule has 1 saturated heterocycles. The van der Waals surface area contributed by atoms with Gasteiger partial charge in [0.15, 0.2) is 0 Å². The summed E-state index contributed by atoms with van der Waals surface area (Å²) >= 11 is 6.07. The molecule has 1 aliphatic carbocycles. The lowest BCUT2D eigenvalue weighted by Crippen LogP contribution is -2.48. The van der Waals surface area contributed by atoms with Crippen molar-refractivity contribution in [1.82, 2.24) is 10.6 Å². The van der Waals surface area contributed by atoms with Crippen LogP contribution in [0.25, 0.3) is 0 Å². The molecule has 1 aromatic rings. The summed E-state index contributed by atoms with van der Waals surface area (Å²) < 4.78 is 5.26. The number of morpholine rings is 1. The van der Waals surface area contributed by atoms with Crippen molar-refractivity contribution in [3.8, 4) is 0 Å². The molecule has 0 bridgehead atoms. The molecule has 3 N–H and O–H groups in total. The highest BCUT2D eigenvalue weighted by Gasteiger charge is 2.25. The minimum absolute atomic E-state index is 0. The van der Waals surface area contributed by atoms with Crippen LogP contribution in [-0.4, -0.2) is 43.7 Å². The minimum Gasteiger partial charge on any atom is -0.378 e. The summed E-state index contributed by atoms with van der Waals surface area (Å²) in [4.78, 5) is 24.2. The van der Waals surface area contributed by atoms with E-state index in [4.69, 9.17) is 16.3 Å². The van der Waals surface area contributed by atoms with E-state index < -0.39 is 0 Å². The summed E-state index contributed by atoms with van der Waals surface area (Å²) in [5, 5.41) is 9.12.